The molecule has 1 rings (SSSR count). The average molecular weight is 320 g/mol. The third-order valence-corrected chi connectivity index (χ3v) is 3.97. The Balaban J connectivity index is 3.28. The topological polar surface area (TPSA) is 75.3 Å². The van der Waals surface area contributed by atoms with Crippen molar-refractivity contribution in [3.8, 4) is 5.75 Å². The molecule has 0 radical (unpaired) electrons. The van der Waals surface area contributed by atoms with Gasteiger partial charge in [-0.1, -0.05) is 53.7 Å². The van der Waals surface area contributed by atoms with Crippen molar-refractivity contribution < 1.29 is 9.90 Å². The van der Waals surface area contributed by atoms with Crippen LogP contribution in [-0.4, -0.2) is 23.6 Å². The van der Waals surface area contributed by atoms with Crippen molar-refractivity contribution in [2.24, 2.45) is 5.73 Å². The fourth-order valence-corrected chi connectivity index (χ4v) is 2.39. The van der Waals surface area contributed by atoms with Crippen molar-refractivity contribution in [3.05, 3.63) is 28.8 Å². The first kappa shape index (κ1) is 19.5. The third-order valence-electron chi connectivity index (χ3n) is 3.97. The molecule has 4 N–H and O–H groups in total. The molecule has 0 saturated carbocycles. The number of aromatic hydroxyl groups is 1. The Kier molecular flexibility index (Phi) is 5.86. The minimum Gasteiger partial charge on any atom is -0.507 e. The highest BCUT2D eigenvalue weighted by Gasteiger charge is 2.25. The predicted octanol–water partition coefficient (Wildman–Crippen LogP) is 2.99. The van der Waals surface area contributed by atoms with Crippen molar-refractivity contribution in [2.75, 3.05) is 6.54 Å². The fraction of sp³-hybridized carbons (Fsp3) is 0.632. The second-order valence-corrected chi connectivity index (χ2v) is 8.41. The van der Waals surface area contributed by atoms with Crippen molar-refractivity contribution in [1.29, 1.82) is 0 Å². The van der Waals surface area contributed by atoms with Crippen LogP contribution in [0.15, 0.2) is 12.1 Å². The van der Waals surface area contributed by atoms with Gasteiger partial charge in [0, 0.05) is 18.2 Å². The number of nitrogens with one attached hydrogen (secondary N) is 1. The van der Waals surface area contributed by atoms with E-state index in [1.54, 1.807) is 0 Å². The Hall–Kier alpha value is -1.55. The number of rotatable bonds is 4. The van der Waals surface area contributed by atoms with E-state index in [2.05, 4.69) is 52.9 Å². The van der Waals surface area contributed by atoms with Crippen LogP contribution >= 0.6 is 0 Å². The molecule has 0 saturated heterocycles. The number of benzene rings is 1. The first-order valence-electron chi connectivity index (χ1n) is 8.22. The molecular formula is C19H32N2O2. The number of hydrogen-bond acceptors (Lipinski definition) is 3. The summed E-state index contributed by atoms with van der Waals surface area (Å²) in [6.45, 7) is 14.8. The Labute approximate surface area is 140 Å². The summed E-state index contributed by atoms with van der Waals surface area (Å²) in [6.07, 6.45) is 0.156. The Morgan fingerprint density at radius 3 is 2.17 bits per heavy atom. The maximum absolute atomic E-state index is 12.2. The van der Waals surface area contributed by atoms with Gasteiger partial charge in [-0.15, -0.1) is 0 Å². The monoisotopic (exact) mass is 320 g/mol. The molecule has 23 heavy (non-hydrogen) atoms. The SMILES string of the molecule is CC(CN)NC(=O)Cc1cc(C(C)(C)C)cc(C(C)(C)C)c1O. The lowest BCUT2D eigenvalue weighted by Crippen LogP contribution is -2.38. The van der Waals surface area contributed by atoms with Crippen molar-refractivity contribution in [2.45, 2.75) is 71.8 Å². The zero-order valence-electron chi connectivity index (χ0n) is 15.6. The molecule has 1 atom stereocenters. The van der Waals surface area contributed by atoms with E-state index in [0.717, 1.165) is 11.1 Å². The lowest BCUT2D eigenvalue weighted by molar-refractivity contribution is -0.121. The highest BCUT2D eigenvalue weighted by molar-refractivity contribution is 5.80. The summed E-state index contributed by atoms with van der Waals surface area (Å²) in [4.78, 5) is 12.2. The van der Waals surface area contributed by atoms with E-state index in [1.807, 2.05) is 13.0 Å². The second-order valence-electron chi connectivity index (χ2n) is 8.41. The zero-order chi connectivity index (χ0) is 18.0. The summed E-state index contributed by atoms with van der Waals surface area (Å²) in [5, 5.41) is 13.5. The first-order chi connectivity index (χ1) is 10.4. The highest BCUT2D eigenvalue weighted by Crippen LogP contribution is 2.37. The van der Waals surface area contributed by atoms with Crippen molar-refractivity contribution in [3.63, 3.8) is 0 Å². The number of phenolic OH excluding ortho intramolecular Hbond substituents is 1. The minimum atomic E-state index is -0.193. The quantitative estimate of drug-likeness (QED) is 0.798. The van der Waals surface area contributed by atoms with Crippen LogP contribution in [0, 0.1) is 0 Å². The van der Waals surface area contributed by atoms with Gasteiger partial charge in [-0.3, -0.25) is 4.79 Å². The lowest BCUT2D eigenvalue weighted by atomic mass is 9.78. The molecule has 130 valence electrons. The van der Waals surface area contributed by atoms with Crippen LogP contribution in [0.1, 0.15) is 65.2 Å². The van der Waals surface area contributed by atoms with Gasteiger partial charge in [-0.05, 0) is 28.9 Å². The average Bonchev–Trinajstić information content (AvgIpc) is 2.38. The molecule has 0 aliphatic carbocycles. The summed E-state index contributed by atoms with van der Waals surface area (Å²) >= 11 is 0. The fourth-order valence-electron chi connectivity index (χ4n) is 2.39. The second kappa shape index (κ2) is 6.91. The van der Waals surface area contributed by atoms with E-state index in [4.69, 9.17) is 5.73 Å². The van der Waals surface area contributed by atoms with Crippen molar-refractivity contribution in [1.82, 2.24) is 5.32 Å². The minimum absolute atomic E-state index is 0.0521. The molecule has 1 aromatic rings. The van der Waals surface area contributed by atoms with Gasteiger partial charge in [0.1, 0.15) is 5.75 Å². The number of amides is 1. The Morgan fingerprint density at radius 1 is 1.17 bits per heavy atom. The smallest absolute Gasteiger partial charge is 0.224 e. The molecule has 0 heterocycles. The van der Waals surface area contributed by atoms with Crippen LogP contribution in [0.3, 0.4) is 0 Å². The van der Waals surface area contributed by atoms with Crippen molar-refractivity contribution >= 4 is 5.91 Å². The summed E-state index contributed by atoms with van der Waals surface area (Å²) < 4.78 is 0. The lowest BCUT2D eigenvalue weighted by Gasteiger charge is -2.27. The Bertz CT molecular complexity index is 566. The van der Waals surface area contributed by atoms with E-state index in [0.29, 0.717) is 12.1 Å². The number of hydrogen-bond donors (Lipinski definition) is 3. The third kappa shape index (κ3) is 5.24. The number of nitrogens with two attached hydrogens (primary N) is 1. The van der Waals surface area contributed by atoms with E-state index < -0.39 is 0 Å². The molecule has 1 aromatic carbocycles. The molecular weight excluding hydrogens is 288 g/mol. The molecule has 0 aromatic heterocycles. The molecule has 0 spiro atoms. The van der Waals surface area contributed by atoms with Gasteiger partial charge in [0.2, 0.25) is 5.91 Å². The first-order valence-corrected chi connectivity index (χ1v) is 8.22. The summed E-state index contributed by atoms with van der Waals surface area (Å²) in [5.41, 5.74) is 7.96. The zero-order valence-corrected chi connectivity index (χ0v) is 15.6. The van der Waals surface area contributed by atoms with E-state index in [1.165, 1.54) is 0 Å². The number of phenols is 1. The van der Waals surface area contributed by atoms with E-state index in [9.17, 15) is 9.90 Å². The molecule has 1 amide bonds. The molecule has 1 unspecified atom stereocenters. The summed E-state index contributed by atoms with van der Waals surface area (Å²) in [6, 6.07) is 3.92. The molecule has 4 heteroatoms. The van der Waals surface area contributed by atoms with Crippen LogP contribution in [0.25, 0.3) is 0 Å². The standard InChI is InChI=1S/C19H32N2O2/c1-12(11-20)21-16(22)9-13-8-14(18(2,3)4)10-15(17(13)23)19(5,6)7/h8,10,12,23H,9,11,20H2,1-7H3,(H,21,22). The van der Waals surface area contributed by atoms with Crippen LogP contribution in [-0.2, 0) is 22.0 Å². The molecule has 0 fully saturated rings. The Morgan fingerprint density at radius 2 is 1.74 bits per heavy atom. The van der Waals surface area contributed by atoms with Gasteiger partial charge < -0.3 is 16.2 Å². The van der Waals surface area contributed by atoms with Crippen LogP contribution in [0.5, 0.6) is 5.75 Å². The van der Waals surface area contributed by atoms with Crippen LogP contribution < -0.4 is 11.1 Å². The molecule has 0 aliphatic rings. The summed E-state index contributed by atoms with van der Waals surface area (Å²) in [7, 11) is 0. The maximum atomic E-state index is 12.2. The molecule has 0 aliphatic heterocycles. The van der Waals surface area contributed by atoms with E-state index >= 15 is 0 Å². The molecule has 0 bridgehead atoms. The van der Waals surface area contributed by atoms with Gasteiger partial charge >= 0.3 is 0 Å². The highest BCUT2D eigenvalue weighted by atomic mass is 16.3. The van der Waals surface area contributed by atoms with Gasteiger partial charge in [-0.25, -0.2) is 0 Å². The number of carbonyl (C=O) groups is 1. The van der Waals surface area contributed by atoms with Crippen LogP contribution in [0.2, 0.25) is 0 Å². The maximum Gasteiger partial charge on any atom is 0.224 e. The van der Waals surface area contributed by atoms with Gasteiger partial charge in [-0.2, -0.15) is 0 Å². The van der Waals surface area contributed by atoms with Gasteiger partial charge in [0.05, 0.1) is 6.42 Å². The van der Waals surface area contributed by atoms with Gasteiger partial charge in [0.15, 0.2) is 0 Å². The largest absolute Gasteiger partial charge is 0.507 e. The number of carbonyl (C=O) groups excluding carboxylic acids is 1. The van der Waals surface area contributed by atoms with Gasteiger partial charge in [0.25, 0.3) is 0 Å². The predicted molar refractivity (Wildman–Crippen MR) is 95.9 cm³/mol. The van der Waals surface area contributed by atoms with E-state index in [-0.39, 0.29) is 34.9 Å². The summed E-state index contributed by atoms with van der Waals surface area (Å²) in [5.74, 6) is 0.102. The molecule has 4 nitrogen and oxygen atoms in total. The normalized spacial score (nSPS) is 13.7. The van der Waals surface area contributed by atoms with Crippen LogP contribution in [0.4, 0.5) is 0 Å².